The van der Waals surface area contributed by atoms with Crippen molar-refractivity contribution < 1.29 is 18.3 Å². The first kappa shape index (κ1) is 12.4. The highest BCUT2D eigenvalue weighted by molar-refractivity contribution is 7.89. The lowest BCUT2D eigenvalue weighted by Gasteiger charge is -2.23. The lowest BCUT2D eigenvalue weighted by Crippen LogP contribution is -2.48. The number of aliphatic carboxylic acids is 1. The minimum Gasteiger partial charge on any atom is -0.481 e. The first-order valence-electron chi connectivity index (χ1n) is 4.77. The van der Waals surface area contributed by atoms with E-state index in [1.807, 2.05) is 6.92 Å². The topological polar surface area (TPSA) is 95.5 Å². The maximum absolute atomic E-state index is 11.5. The van der Waals surface area contributed by atoms with Gasteiger partial charge in [0.25, 0.3) is 0 Å². The maximum Gasteiger partial charge on any atom is 0.304 e. The van der Waals surface area contributed by atoms with Crippen molar-refractivity contribution in [1.82, 2.24) is 10.0 Å². The summed E-state index contributed by atoms with van der Waals surface area (Å²) in [7, 11) is -3.49. The Balaban J connectivity index is 2.52. The van der Waals surface area contributed by atoms with Crippen molar-refractivity contribution in [1.29, 1.82) is 0 Å². The predicted molar refractivity (Wildman–Crippen MR) is 55.1 cm³/mol. The Morgan fingerprint density at radius 1 is 1.60 bits per heavy atom. The van der Waals surface area contributed by atoms with Gasteiger partial charge < -0.3 is 10.4 Å². The zero-order valence-electron chi connectivity index (χ0n) is 8.62. The second-order valence-corrected chi connectivity index (χ2v) is 5.89. The van der Waals surface area contributed by atoms with Crippen LogP contribution in [0, 0.1) is 0 Å². The molecule has 1 rings (SSSR count). The number of carbonyl (C=O) groups is 1. The smallest absolute Gasteiger partial charge is 0.304 e. The molecule has 3 N–H and O–H groups in total. The average Bonchev–Trinajstić information content (AvgIpc) is 2.47. The molecule has 1 fully saturated rings. The van der Waals surface area contributed by atoms with E-state index in [4.69, 9.17) is 5.11 Å². The average molecular weight is 236 g/mol. The number of rotatable bonds is 5. The van der Waals surface area contributed by atoms with Crippen LogP contribution >= 0.6 is 0 Å². The van der Waals surface area contributed by atoms with Gasteiger partial charge in [0.15, 0.2) is 0 Å². The van der Waals surface area contributed by atoms with Crippen LogP contribution < -0.4 is 10.0 Å². The predicted octanol–water partition coefficient (Wildman–Crippen LogP) is -0.867. The van der Waals surface area contributed by atoms with Gasteiger partial charge in [-0.15, -0.1) is 0 Å². The highest BCUT2D eigenvalue weighted by Gasteiger charge is 2.32. The Bertz CT molecular complexity index is 333. The van der Waals surface area contributed by atoms with Crippen molar-refractivity contribution in [3.8, 4) is 0 Å². The molecule has 0 amide bonds. The molecule has 0 aromatic rings. The molecule has 0 aromatic carbocycles. The standard InChI is InChI=1S/C8H16N2O4S/c1-8(3-4-9-6-8)10-15(13,14)5-2-7(11)12/h9-10H,2-6H2,1H3,(H,11,12). The maximum atomic E-state index is 11.5. The van der Waals surface area contributed by atoms with Crippen molar-refractivity contribution in [3.05, 3.63) is 0 Å². The summed E-state index contributed by atoms with van der Waals surface area (Å²) in [5, 5.41) is 11.5. The lowest BCUT2D eigenvalue weighted by atomic mass is 10.0. The number of hydrogen-bond acceptors (Lipinski definition) is 4. The summed E-state index contributed by atoms with van der Waals surface area (Å²) in [5.74, 6) is -1.46. The third kappa shape index (κ3) is 4.15. The summed E-state index contributed by atoms with van der Waals surface area (Å²) < 4.78 is 25.5. The fraction of sp³-hybridized carbons (Fsp3) is 0.875. The summed E-state index contributed by atoms with van der Waals surface area (Å²) in [5.41, 5.74) is -0.475. The van der Waals surface area contributed by atoms with Gasteiger partial charge in [0, 0.05) is 12.1 Å². The molecule has 1 saturated heterocycles. The van der Waals surface area contributed by atoms with Crippen molar-refractivity contribution in [2.45, 2.75) is 25.3 Å². The van der Waals surface area contributed by atoms with Crippen molar-refractivity contribution in [2.24, 2.45) is 0 Å². The fourth-order valence-corrected chi connectivity index (χ4v) is 3.02. The van der Waals surface area contributed by atoms with E-state index >= 15 is 0 Å². The third-order valence-corrected chi connectivity index (χ3v) is 3.90. The molecule has 88 valence electrons. The van der Waals surface area contributed by atoms with Crippen LogP contribution in [0.25, 0.3) is 0 Å². The fourth-order valence-electron chi connectivity index (χ4n) is 1.55. The van der Waals surface area contributed by atoms with E-state index in [9.17, 15) is 13.2 Å². The summed E-state index contributed by atoms with van der Waals surface area (Å²) in [6.07, 6.45) is 0.359. The summed E-state index contributed by atoms with van der Waals surface area (Å²) in [6, 6.07) is 0. The molecule has 0 aromatic heterocycles. The Hall–Kier alpha value is -0.660. The largest absolute Gasteiger partial charge is 0.481 e. The van der Waals surface area contributed by atoms with Crippen LogP contribution in [0.2, 0.25) is 0 Å². The van der Waals surface area contributed by atoms with Gasteiger partial charge in [0.1, 0.15) is 0 Å². The molecule has 1 aliphatic rings. The van der Waals surface area contributed by atoms with Crippen LogP contribution in [0.4, 0.5) is 0 Å². The van der Waals surface area contributed by atoms with Crippen LogP contribution in [0.15, 0.2) is 0 Å². The van der Waals surface area contributed by atoms with Gasteiger partial charge in [0.2, 0.25) is 10.0 Å². The zero-order chi connectivity index (χ0) is 11.5. The molecule has 0 saturated carbocycles. The minimum absolute atomic E-state index is 0.362. The van der Waals surface area contributed by atoms with Crippen molar-refractivity contribution in [2.75, 3.05) is 18.8 Å². The van der Waals surface area contributed by atoms with E-state index < -0.39 is 21.5 Å². The first-order valence-corrected chi connectivity index (χ1v) is 6.42. The Kier molecular flexibility index (Phi) is 3.69. The second-order valence-electron chi connectivity index (χ2n) is 4.05. The summed E-state index contributed by atoms with van der Waals surface area (Å²) >= 11 is 0. The normalized spacial score (nSPS) is 26.7. The molecule has 0 bridgehead atoms. The Labute approximate surface area is 89.1 Å². The minimum atomic E-state index is -3.49. The zero-order valence-corrected chi connectivity index (χ0v) is 9.43. The SMILES string of the molecule is CC1(NS(=O)(=O)CCC(=O)O)CCNC1. The molecule has 1 aliphatic heterocycles. The molecule has 15 heavy (non-hydrogen) atoms. The number of nitrogens with one attached hydrogen (secondary N) is 2. The summed E-state index contributed by atoms with van der Waals surface area (Å²) in [6.45, 7) is 3.17. The molecule has 1 heterocycles. The van der Waals surface area contributed by atoms with Crippen LogP contribution in [0.3, 0.4) is 0 Å². The van der Waals surface area contributed by atoms with E-state index in [-0.39, 0.29) is 12.2 Å². The van der Waals surface area contributed by atoms with Crippen molar-refractivity contribution >= 4 is 16.0 Å². The van der Waals surface area contributed by atoms with Gasteiger partial charge in [-0.25, -0.2) is 13.1 Å². The molecule has 0 radical (unpaired) electrons. The van der Waals surface area contributed by atoms with Gasteiger partial charge in [-0.3, -0.25) is 4.79 Å². The molecular weight excluding hydrogens is 220 g/mol. The van der Waals surface area contributed by atoms with E-state index in [1.165, 1.54) is 0 Å². The first-order chi connectivity index (χ1) is 6.83. The lowest BCUT2D eigenvalue weighted by molar-refractivity contribution is -0.136. The van der Waals surface area contributed by atoms with Crippen LogP contribution in [-0.4, -0.2) is 43.9 Å². The third-order valence-electron chi connectivity index (χ3n) is 2.36. The van der Waals surface area contributed by atoms with Crippen LogP contribution in [0.1, 0.15) is 19.8 Å². The highest BCUT2D eigenvalue weighted by atomic mass is 32.2. The number of sulfonamides is 1. The number of hydrogen-bond donors (Lipinski definition) is 3. The molecule has 6 nitrogen and oxygen atoms in total. The van der Waals surface area contributed by atoms with E-state index in [0.29, 0.717) is 6.54 Å². The van der Waals surface area contributed by atoms with E-state index in [0.717, 1.165) is 13.0 Å². The quantitative estimate of drug-likeness (QED) is 0.577. The van der Waals surface area contributed by atoms with E-state index in [1.54, 1.807) is 0 Å². The molecular formula is C8H16N2O4S. The summed E-state index contributed by atoms with van der Waals surface area (Å²) in [4.78, 5) is 10.3. The number of carboxylic acid groups (broad SMARTS) is 1. The van der Waals surface area contributed by atoms with Gasteiger partial charge in [-0.1, -0.05) is 0 Å². The van der Waals surface area contributed by atoms with Crippen molar-refractivity contribution in [3.63, 3.8) is 0 Å². The molecule has 0 aliphatic carbocycles. The molecule has 1 atom stereocenters. The van der Waals surface area contributed by atoms with Gasteiger partial charge >= 0.3 is 5.97 Å². The number of carboxylic acids is 1. The van der Waals surface area contributed by atoms with Gasteiger partial charge in [-0.05, 0) is 19.9 Å². The molecule has 0 spiro atoms. The monoisotopic (exact) mass is 236 g/mol. The Morgan fingerprint density at radius 3 is 2.73 bits per heavy atom. The second kappa shape index (κ2) is 4.46. The molecule has 7 heteroatoms. The van der Waals surface area contributed by atoms with Crippen LogP contribution in [0.5, 0.6) is 0 Å². The van der Waals surface area contributed by atoms with Gasteiger partial charge in [0.05, 0.1) is 12.2 Å². The molecule has 1 unspecified atom stereocenters. The van der Waals surface area contributed by atoms with Gasteiger partial charge in [-0.2, -0.15) is 0 Å². The Morgan fingerprint density at radius 2 is 2.27 bits per heavy atom. The highest BCUT2D eigenvalue weighted by Crippen LogP contribution is 2.14. The van der Waals surface area contributed by atoms with E-state index in [2.05, 4.69) is 10.0 Å². The van der Waals surface area contributed by atoms with Crippen LogP contribution in [-0.2, 0) is 14.8 Å².